The Labute approximate surface area is 147 Å². The zero-order valence-corrected chi connectivity index (χ0v) is 14.7. The molecule has 3 rings (SSSR count). The van der Waals surface area contributed by atoms with E-state index < -0.39 is 0 Å². The first kappa shape index (κ1) is 17.2. The molecule has 130 valence electrons. The number of rotatable bonds is 3. The normalized spacial score (nSPS) is 14.7. The second-order valence-electron chi connectivity index (χ2n) is 7.67. The fourth-order valence-corrected chi connectivity index (χ4v) is 3.30. The van der Waals surface area contributed by atoms with E-state index in [2.05, 4.69) is 26.1 Å². The number of nitrogens with one attached hydrogen (secondary N) is 1. The minimum atomic E-state index is -0.330. The third kappa shape index (κ3) is 3.15. The first-order chi connectivity index (χ1) is 11.7. The summed E-state index contributed by atoms with van der Waals surface area (Å²) >= 11 is 0. The molecule has 0 radical (unpaired) electrons. The van der Waals surface area contributed by atoms with Crippen molar-refractivity contribution in [1.82, 2.24) is 0 Å². The Morgan fingerprint density at radius 2 is 1.56 bits per heavy atom. The van der Waals surface area contributed by atoms with Gasteiger partial charge in [-0.25, -0.2) is 0 Å². The number of benzene rings is 2. The smallest absolute Gasteiger partial charge is 0.198 e. The number of carbonyl (C=O) groups is 2. The number of nitrogen functional groups attached to an aromatic ring is 1. The predicted molar refractivity (Wildman–Crippen MR) is 99.8 cm³/mol. The molecule has 2 aromatic rings. The summed E-state index contributed by atoms with van der Waals surface area (Å²) in [5.74, 6) is -0.432. The van der Waals surface area contributed by atoms with Gasteiger partial charge in [0.25, 0.3) is 0 Å². The van der Waals surface area contributed by atoms with Crippen LogP contribution in [0.5, 0.6) is 0 Å². The molecular formula is C20H23N3O2. The van der Waals surface area contributed by atoms with Crippen molar-refractivity contribution in [3.05, 3.63) is 58.7 Å². The Balaban J connectivity index is 2.05. The molecule has 0 saturated carbocycles. The number of hydrogen-bond acceptors (Lipinski definition) is 5. The standard InChI is InChI=1S/C20H23N3O2/c1-20(2,3)10-15(22)23-14-9-5-7-12-17(14)19(25)16-11(18(12)24)6-4-8-13(16)21/h4-9,15,23H,10,21-22H2,1-3H3. The number of ketones is 2. The SMILES string of the molecule is CC(C)(C)CC(N)Nc1cccc2c1C(=O)c1c(N)cccc1C2=O. The Hall–Kier alpha value is -2.66. The van der Waals surface area contributed by atoms with E-state index in [4.69, 9.17) is 11.5 Å². The van der Waals surface area contributed by atoms with Crippen LogP contribution in [0.3, 0.4) is 0 Å². The number of carbonyl (C=O) groups excluding carboxylic acids is 2. The molecule has 5 nitrogen and oxygen atoms in total. The third-order valence-electron chi connectivity index (χ3n) is 4.28. The number of fused-ring (bicyclic) bond motifs is 2. The van der Waals surface area contributed by atoms with Crippen LogP contribution in [0.1, 0.15) is 59.0 Å². The lowest BCUT2D eigenvalue weighted by molar-refractivity contribution is 0.0980. The van der Waals surface area contributed by atoms with Crippen LogP contribution in [0, 0.1) is 5.41 Å². The highest BCUT2D eigenvalue weighted by atomic mass is 16.1. The van der Waals surface area contributed by atoms with Gasteiger partial charge in [0, 0.05) is 22.5 Å². The lowest BCUT2D eigenvalue weighted by atomic mass is 9.82. The van der Waals surface area contributed by atoms with Crippen LogP contribution >= 0.6 is 0 Å². The maximum absolute atomic E-state index is 13.0. The molecule has 1 atom stereocenters. The van der Waals surface area contributed by atoms with Crippen molar-refractivity contribution in [3.8, 4) is 0 Å². The van der Waals surface area contributed by atoms with Crippen molar-refractivity contribution >= 4 is 22.9 Å². The quantitative estimate of drug-likeness (QED) is 0.504. The lowest BCUT2D eigenvalue weighted by Gasteiger charge is -2.27. The Morgan fingerprint density at radius 3 is 2.20 bits per heavy atom. The van der Waals surface area contributed by atoms with Gasteiger partial charge in [-0.15, -0.1) is 0 Å². The third-order valence-corrected chi connectivity index (χ3v) is 4.28. The van der Waals surface area contributed by atoms with E-state index in [1.54, 1.807) is 36.4 Å². The van der Waals surface area contributed by atoms with Crippen molar-refractivity contribution in [2.75, 3.05) is 11.1 Å². The van der Waals surface area contributed by atoms with Gasteiger partial charge in [-0.1, -0.05) is 45.0 Å². The molecule has 0 bridgehead atoms. The van der Waals surface area contributed by atoms with Gasteiger partial charge in [-0.3, -0.25) is 9.59 Å². The lowest BCUT2D eigenvalue weighted by Crippen LogP contribution is -2.35. The molecule has 0 aliphatic heterocycles. The fraction of sp³-hybridized carbons (Fsp3) is 0.300. The van der Waals surface area contributed by atoms with E-state index in [0.29, 0.717) is 28.1 Å². The first-order valence-corrected chi connectivity index (χ1v) is 8.32. The summed E-state index contributed by atoms with van der Waals surface area (Å²) in [7, 11) is 0. The van der Waals surface area contributed by atoms with Gasteiger partial charge >= 0.3 is 0 Å². The summed E-state index contributed by atoms with van der Waals surface area (Å²) in [5.41, 5.74) is 14.5. The van der Waals surface area contributed by atoms with E-state index in [1.807, 2.05) is 0 Å². The van der Waals surface area contributed by atoms with Crippen LogP contribution in [0.15, 0.2) is 36.4 Å². The largest absolute Gasteiger partial charge is 0.398 e. The molecule has 1 unspecified atom stereocenters. The molecule has 1 aliphatic carbocycles. The molecule has 2 aromatic carbocycles. The Kier molecular flexibility index (Phi) is 4.13. The minimum absolute atomic E-state index is 0.0398. The van der Waals surface area contributed by atoms with Crippen molar-refractivity contribution in [1.29, 1.82) is 0 Å². The van der Waals surface area contributed by atoms with Gasteiger partial charge in [0.05, 0.1) is 17.3 Å². The molecule has 0 saturated heterocycles. The second kappa shape index (κ2) is 6.01. The van der Waals surface area contributed by atoms with Crippen LogP contribution in [0.2, 0.25) is 0 Å². The summed E-state index contributed by atoms with van der Waals surface area (Å²) in [5, 5.41) is 3.19. The second-order valence-corrected chi connectivity index (χ2v) is 7.67. The predicted octanol–water partition coefficient (Wildman–Crippen LogP) is 3.18. The fourth-order valence-electron chi connectivity index (χ4n) is 3.30. The number of hydrogen-bond donors (Lipinski definition) is 3. The van der Waals surface area contributed by atoms with Gasteiger partial charge in [0.15, 0.2) is 11.6 Å². The van der Waals surface area contributed by atoms with Gasteiger partial charge in [-0.2, -0.15) is 0 Å². The molecule has 0 heterocycles. The van der Waals surface area contributed by atoms with Crippen molar-refractivity contribution in [2.24, 2.45) is 11.1 Å². The van der Waals surface area contributed by atoms with Crippen LogP contribution < -0.4 is 16.8 Å². The van der Waals surface area contributed by atoms with E-state index >= 15 is 0 Å². The van der Waals surface area contributed by atoms with E-state index in [0.717, 1.165) is 6.42 Å². The highest BCUT2D eigenvalue weighted by molar-refractivity contribution is 6.31. The highest BCUT2D eigenvalue weighted by Gasteiger charge is 2.33. The maximum atomic E-state index is 13.0. The summed E-state index contributed by atoms with van der Waals surface area (Å²) < 4.78 is 0. The molecule has 5 N–H and O–H groups in total. The maximum Gasteiger partial charge on any atom is 0.198 e. The molecule has 0 fully saturated rings. The summed E-state index contributed by atoms with van der Waals surface area (Å²) in [6.07, 6.45) is 0.390. The molecule has 0 aromatic heterocycles. The minimum Gasteiger partial charge on any atom is -0.398 e. The first-order valence-electron chi connectivity index (χ1n) is 8.32. The molecule has 0 spiro atoms. The van der Waals surface area contributed by atoms with Crippen molar-refractivity contribution in [2.45, 2.75) is 33.4 Å². The molecule has 5 heteroatoms. The van der Waals surface area contributed by atoms with E-state index in [9.17, 15) is 9.59 Å². The Bertz CT molecular complexity index is 866. The van der Waals surface area contributed by atoms with Crippen LogP contribution in [-0.2, 0) is 0 Å². The average Bonchev–Trinajstić information content (AvgIpc) is 2.50. The summed E-state index contributed by atoms with van der Waals surface area (Å²) in [6, 6.07) is 10.2. The van der Waals surface area contributed by atoms with Crippen LogP contribution in [0.4, 0.5) is 11.4 Å². The van der Waals surface area contributed by atoms with Crippen LogP contribution in [0.25, 0.3) is 0 Å². The van der Waals surface area contributed by atoms with Gasteiger partial charge in [-0.05, 0) is 24.0 Å². The van der Waals surface area contributed by atoms with Crippen molar-refractivity contribution in [3.63, 3.8) is 0 Å². The molecule has 1 aliphatic rings. The molecule has 0 amide bonds. The Morgan fingerprint density at radius 1 is 0.960 bits per heavy atom. The van der Waals surface area contributed by atoms with E-state index in [1.165, 1.54) is 0 Å². The summed E-state index contributed by atoms with van der Waals surface area (Å²) in [4.78, 5) is 25.9. The van der Waals surface area contributed by atoms with Gasteiger partial charge in [0.1, 0.15) is 0 Å². The zero-order chi connectivity index (χ0) is 18.4. The zero-order valence-electron chi connectivity index (χ0n) is 14.7. The van der Waals surface area contributed by atoms with Gasteiger partial charge < -0.3 is 16.8 Å². The van der Waals surface area contributed by atoms with Gasteiger partial charge in [0.2, 0.25) is 0 Å². The average molecular weight is 337 g/mol. The number of nitrogens with two attached hydrogens (primary N) is 2. The number of anilines is 2. The molecule has 25 heavy (non-hydrogen) atoms. The summed E-state index contributed by atoms with van der Waals surface area (Å²) in [6.45, 7) is 6.29. The monoisotopic (exact) mass is 337 g/mol. The molecular weight excluding hydrogens is 314 g/mol. The van der Waals surface area contributed by atoms with Crippen molar-refractivity contribution < 1.29 is 9.59 Å². The van der Waals surface area contributed by atoms with Crippen LogP contribution in [-0.4, -0.2) is 17.7 Å². The van der Waals surface area contributed by atoms with E-state index in [-0.39, 0.29) is 28.7 Å². The highest BCUT2D eigenvalue weighted by Crippen LogP contribution is 2.35. The topological polar surface area (TPSA) is 98.2 Å².